The molecule has 0 radical (unpaired) electrons. The summed E-state index contributed by atoms with van der Waals surface area (Å²) in [6, 6.07) is 10.5. The number of thioether (sulfide) groups is 1. The summed E-state index contributed by atoms with van der Waals surface area (Å²) in [4.78, 5) is 15.6. The van der Waals surface area contributed by atoms with Crippen LogP contribution in [0.15, 0.2) is 30.3 Å². The van der Waals surface area contributed by atoms with Gasteiger partial charge in [-0.1, -0.05) is 30.3 Å². The molecule has 1 aromatic heterocycles. The van der Waals surface area contributed by atoms with E-state index in [0.29, 0.717) is 18.3 Å². The maximum atomic E-state index is 13.1. The Kier molecular flexibility index (Phi) is 6.04. The number of aromatic nitrogens is 2. The highest BCUT2D eigenvalue weighted by Crippen LogP contribution is 2.29. The third kappa shape index (κ3) is 3.97. The van der Waals surface area contributed by atoms with Crippen LogP contribution in [0.5, 0.6) is 0 Å². The van der Waals surface area contributed by atoms with Crippen molar-refractivity contribution in [1.82, 2.24) is 20.0 Å². The lowest BCUT2D eigenvalue weighted by atomic mass is 10.0. The monoisotopic (exact) mass is 400 g/mol. The predicted octanol–water partition coefficient (Wildman–Crippen LogP) is 2.23. The third-order valence-corrected chi connectivity index (χ3v) is 6.90. The van der Waals surface area contributed by atoms with Gasteiger partial charge in [0, 0.05) is 42.6 Å². The Morgan fingerprint density at radius 3 is 2.93 bits per heavy atom. The van der Waals surface area contributed by atoms with E-state index in [2.05, 4.69) is 15.3 Å². The zero-order valence-electron chi connectivity index (χ0n) is 16.3. The summed E-state index contributed by atoms with van der Waals surface area (Å²) in [6.07, 6.45) is 2.10. The van der Waals surface area contributed by atoms with Gasteiger partial charge in [-0.05, 0) is 24.7 Å². The van der Waals surface area contributed by atoms with Crippen LogP contribution in [0, 0.1) is 0 Å². The maximum Gasteiger partial charge on any atom is 0.272 e. The zero-order chi connectivity index (χ0) is 19.5. The van der Waals surface area contributed by atoms with Gasteiger partial charge in [0.15, 0.2) is 5.69 Å². The molecule has 2 aromatic rings. The van der Waals surface area contributed by atoms with Gasteiger partial charge in [-0.3, -0.25) is 14.4 Å². The second-order valence-corrected chi connectivity index (χ2v) is 8.71. The van der Waals surface area contributed by atoms with Crippen LogP contribution in [0.1, 0.15) is 46.7 Å². The van der Waals surface area contributed by atoms with Gasteiger partial charge in [0.25, 0.3) is 5.91 Å². The first kappa shape index (κ1) is 19.5. The number of rotatable bonds is 6. The number of benzene rings is 1. The molecule has 6 nitrogen and oxygen atoms in total. The lowest BCUT2D eigenvalue weighted by Crippen LogP contribution is -2.40. The van der Waals surface area contributed by atoms with Gasteiger partial charge >= 0.3 is 0 Å². The summed E-state index contributed by atoms with van der Waals surface area (Å²) in [5, 5.41) is 17.1. The van der Waals surface area contributed by atoms with Gasteiger partial charge in [0.05, 0.1) is 19.2 Å². The highest BCUT2D eigenvalue weighted by Gasteiger charge is 2.32. The molecule has 7 heteroatoms. The molecular weight excluding hydrogens is 372 g/mol. The Balaban J connectivity index is 1.57. The number of aliphatic hydroxyl groups is 1. The molecule has 0 aliphatic carbocycles. The summed E-state index contributed by atoms with van der Waals surface area (Å²) in [5.41, 5.74) is 3.73. The average molecular weight is 401 g/mol. The van der Waals surface area contributed by atoms with E-state index in [0.717, 1.165) is 36.3 Å². The minimum atomic E-state index is -0.132. The third-order valence-electron chi connectivity index (χ3n) is 5.76. The van der Waals surface area contributed by atoms with Crippen LogP contribution < -0.4 is 5.32 Å². The zero-order valence-corrected chi connectivity index (χ0v) is 17.1. The number of hydrogen-bond acceptors (Lipinski definition) is 5. The van der Waals surface area contributed by atoms with Crippen LogP contribution in [0.3, 0.4) is 0 Å². The van der Waals surface area contributed by atoms with Gasteiger partial charge in [0.1, 0.15) is 0 Å². The largest absolute Gasteiger partial charge is 0.394 e. The second kappa shape index (κ2) is 8.68. The van der Waals surface area contributed by atoms with Crippen LogP contribution in [0.4, 0.5) is 0 Å². The summed E-state index contributed by atoms with van der Waals surface area (Å²) in [6.45, 7) is 4.22. The number of amides is 1. The van der Waals surface area contributed by atoms with E-state index >= 15 is 0 Å². The van der Waals surface area contributed by atoms with E-state index in [1.54, 1.807) is 0 Å². The molecule has 2 unspecified atom stereocenters. The predicted molar refractivity (Wildman–Crippen MR) is 111 cm³/mol. The van der Waals surface area contributed by atoms with Crippen LogP contribution in [0.25, 0.3) is 0 Å². The lowest BCUT2D eigenvalue weighted by molar-refractivity contribution is 0.0930. The Hall–Kier alpha value is -1.83. The van der Waals surface area contributed by atoms with E-state index in [4.69, 9.17) is 0 Å². The quantitative estimate of drug-likeness (QED) is 0.778. The molecule has 2 aliphatic heterocycles. The lowest BCUT2D eigenvalue weighted by Gasteiger charge is -2.32. The van der Waals surface area contributed by atoms with E-state index in [1.807, 2.05) is 53.7 Å². The normalized spacial score (nSPS) is 20.7. The van der Waals surface area contributed by atoms with Gasteiger partial charge in [-0.25, -0.2) is 0 Å². The fraction of sp³-hybridized carbons (Fsp3) is 0.524. The molecule has 0 saturated carbocycles. The molecule has 0 bridgehead atoms. The van der Waals surface area contributed by atoms with Crippen molar-refractivity contribution in [3.05, 3.63) is 52.8 Å². The molecule has 2 aliphatic rings. The van der Waals surface area contributed by atoms with Crippen molar-refractivity contribution in [3.63, 3.8) is 0 Å². The number of fused-ring (bicyclic) bond motifs is 1. The van der Waals surface area contributed by atoms with Gasteiger partial charge in [-0.15, -0.1) is 0 Å². The van der Waals surface area contributed by atoms with Gasteiger partial charge in [-0.2, -0.15) is 16.9 Å². The molecule has 2 N–H and O–H groups in total. The molecule has 28 heavy (non-hydrogen) atoms. The fourth-order valence-corrected chi connectivity index (χ4v) is 5.44. The van der Waals surface area contributed by atoms with Crippen molar-refractivity contribution >= 4 is 17.7 Å². The first-order chi connectivity index (χ1) is 13.7. The van der Waals surface area contributed by atoms with Crippen molar-refractivity contribution in [1.29, 1.82) is 0 Å². The molecule has 1 aromatic carbocycles. The molecule has 4 rings (SSSR count). The molecule has 0 spiro atoms. The van der Waals surface area contributed by atoms with E-state index < -0.39 is 0 Å². The topological polar surface area (TPSA) is 70.4 Å². The second-order valence-electron chi connectivity index (χ2n) is 7.56. The van der Waals surface area contributed by atoms with Gasteiger partial charge in [0.2, 0.25) is 0 Å². The smallest absolute Gasteiger partial charge is 0.272 e. The summed E-state index contributed by atoms with van der Waals surface area (Å²) in [5.74, 6) is 2.26. The summed E-state index contributed by atoms with van der Waals surface area (Å²) in [7, 11) is 0. The average Bonchev–Trinajstić information content (AvgIpc) is 3.37. The van der Waals surface area contributed by atoms with Crippen molar-refractivity contribution in [2.24, 2.45) is 0 Å². The molecular formula is C21H28N4O2S. The molecule has 3 heterocycles. The minimum absolute atomic E-state index is 0.0264. The van der Waals surface area contributed by atoms with Crippen LogP contribution in [-0.2, 0) is 19.5 Å². The van der Waals surface area contributed by atoms with Crippen LogP contribution in [0.2, 0.25) is 0 Å². The Morgan fingerprint density at radius 2 is 2.21 bits per heavy atom. The van der Waals surface area contributed by atoms with E-state index in [1.165, 1.54) is 17.9 Å². The molecule has 150 valence electrons. The number of nitrogens with zero attached hydrogens (tertiary/aromatic N) is 3. The number of carbonyl (C=O) groups excluding carboxylic acids is 1. The van der Waals surface area contributed by atoms with E-state index in [-0.39, 0.29) is 18.6 Å². The van der Waals surface area contributed by atoms with Crippen LogP contribution >= 0.6 is 11.8 Å². The van der Waals surface area contributed by atoms with Crippen molar-refractivity contribution < 1.29 is 9.90 Å². The molecule has 1 amide bonds. The highest BCUT2D eigenvalue weighted by atomic mass is 32.2. The van der Waals surface area contributed by atoms with Crippen molar-refractivity contribution in [2.75, 3.05) is 24.7 Å². The van der Waals surface area contributed by atoms with Crippen molar-refractivity contribution in [2.45, 2.75) is 44.9 Å². The first-order valence-electron chi connectivity index (χ1n) is 10.0. The Morgan fingerprint density at radius 1 is 1.39 bits per heavy atom. The number of hydrogen-bond donors (Lipinski definition) is 2. The Labute approximate surface area is 170 Å². The standard InChI is InChI=1S/C21H28N4O2S/c1-15(16-5-3-2-4-6-16)22-21(27)20-18-13-24(17-8-12-28-14-17)9-7-19(18)25(23-20)10-11-26/h2-6,15,17,26H,7-14H2,1H3,(H,22,27). The summed E-state index contributed by atoms with van der Waals surface area (Å²) < 4.78 is 1.83. The summed E-state index contributed by atoms with van der Waals surface area (Å²) >= 11 is 2.01. The molecule has 2 atom stereocenters. The Bertz CT molecular complexity index is 817. The minimum Gasteiger partial charge on any atom is -0.394 e. The van der Waals surface area contributed by atoms with E-state index in [9.17, 15) is 9.90 Å². The number of aliphatic hydroxyl groups excluding tert-OH is 1. The maximum absolute atomic E-state index is 13.1. The molecule has 1 fully saturated rings. The number of nitrogens with one attached hydrogen (secondary N) is 1. The highest BCUT2D eigenvalue weighted by molar-refractivity contribution is 7.99. The van der Waals surface area contributed by atoms with Gasteiger partial charge < -0.3 is 10.4 Å². The fourth-order valence-electron chi connectivity index (χ4n) is 4.19. The SMILES string of the molecule is CC(NC(=O)c1nn(CCO)c2c1CN(C1CCSC1)CC2)c1ccccc1. The van der Waals surface area contributed by atoms with Crippen molar-refractivity contribution in [3.8, 4) is 0 Å². The molecule has 1 saturated heterocycles. The van der Waals surface area contributed by atoms with Crippen LogP contribution in [-0.4, -0.2) is 56.4 Å². The number of carbonyl (C=O) groups is 1. The first-order valence-corrected chi connectivity index (χ1v) is 11.2.